The van der Waals surface area contributed by atoms with Gasteiger partial charge in [0.15, 0.2) is 0 Å². The number of carbonyl (C=O) groups excluding carboxylic acids is 2. The van der Waals surface area contributed by atoms with E-state index in [9.17, 15) is 14.7 Å². The number of anilines is 1. The Morgan fingerprint density at radius 3 is 2.43 bits per heavy atom. The summed E-state index contributed by atoms with van der Waals surface area (Å²) in [6, 6.07) is 23.5. The van der Waals surface area contributed by atoms with Crippen molar-refractivity contribution in [2.45, 2.75) is 63.7 Å². The highest BCUT2D eigenvalue weighted by molar-refractivity contribution is 6.02. The Labute approximate surface area is 218 Å². The Hall–Kier alpha value is -3.64. The molecule has 1 unspecified atom stereocenters. The van der Waals surface area contributed by atoms with Gasteiger partial charge in [-0.3, -0.25) is 9.59 Å². The second-order valence-corrected chi connectivity index (χ2v) is 10.3. The first-order chi connectivity index (χ1) is 18.0. The standard InChI is InChI=1S/C31H35N3O3/c1-21-33(19-22-15-16-25(18-30(32)36)27(17-22)23-9-5-6-10-23)31(37)26-13-7-8-14-28(26)34(21)29(20-35)24-11-3-2-4-12-24/h2-4,7-8,11-17,21,23,29,35H,5-6,9-10,18-20H2,1H3,(H2,32,36)/t21?,29-/m0/s1. The average Bonchev–Trinajstić information content (AvgIpc) is 3.45. The molecule has 1 heterocycles. The van der Waals surface area contributed by atoms with Gasteiger partial charge in [0, 0.05) is 6.54 Å². The molecule has 2 aliphatic rings. The lowest BCUT2D eigenvalue weighted by Gasteiger charge is -2.47. The van der Waals surface area contributed by atoms with Gasteiger partial charge in [-0.15, -0.1) is 0 Å². The highest BCUT2D eigenvalue weighted by Gasteiger charge is 2.38. The fraction of sp³-hybridized carbons (Fsp3) is 0.355. The highest BCUT2D eigenvalue weighted by atomic mass is 16.3. The van der Waals surface area contributed by atoms with E-state index in [1.165, 1.54) is 18.4 Å². The highest BCUT2D eigenvalue weighted by Crippen LogP contribution is 2.39. The van der Waals surface area contributed by atoms with Crippen LogP contribution in [-0.2, 0) is 17.8 Å². The molecule has 1 aliphatic heterocycles. The summed E-state index contributed by atoms with van der Waals surface area (Å²) < 4.78 is 0. The molecule has 2 atom stereocenters. The predicted octanol–water partition coefficient (Wildman–Crippen LogP) is 4.91. The van der Waals surface area contributed by atoms with Crippen molar-refractivity contribution in [1.29, 1.82) is 0 Å². The topological polar surface area (TPSA) is 86.9 Å². The summed E-state index contributed by atoms with van der Waals surface area (Å²) in [5, 5.41) is 10.5. The maximum absolute atomic E-state index is 13.8. The van der Waals surface area contributed by atoms with Crippen molar-refractivity contribution in [2.75, 3.05) is 11.5 Å². The monoisotopic (exact) mass is 497 g/mol. The van der Waals surface area contributed by atoms with E-state index in [4.69, 9.17) is 5.73 Å². The van der Waals surface area contributed by atoms with Crippen LogP contribution in [0.25, 0.3) is 0 Å². The molecule has 5 rings (SSSR count). The molecule has 6 heteroatoms. The van der Waals surface area contributed by atoms with Crippen LogP contribution < -0.4 is 10.6 Å². The van der Waals surface area contributed by atoms with E-state index in [1.54, 1.807) is 0 Å². The molecule has 3 aromatic carbocycles. The Bertz CT molecular complexity index is 1270. The maximum atomic E-state index is 13.8. The van der Waals surface area contributed by atoms with Crippen molar-refractivity contribution < 1.29 is 14.7 Å². The number of para-hydroxylation sites is 1. The molecule has 0 spiro atoms. The second-order valence-electron chi connectivity index (χ2n) is 10.3. The van der Waals surface area contributed by atoms with Gasteiger partial charge in [-0.1, -0.05) is 73.5 Å². The first-order valence-electron chi connectivity index (χ1n) is 13.2. The molecule has 0 aromatic heterocycles. The third-order valence-electron chi connectivity index (χ3n) is 7.94. The predicted molar refractivity (Wildman–Crippen MR) is 145 cm³/mol. The number of carbonyl (C=O) groups is 2. The molecule has 3 aromatic rings. The van der Waals surface area contributed by atoms with Gasteiger partial charge in [0.25, 0.3) is 5.91 Å². The molecule has 0 radical (unpaired) electrons. The molecule has 0 bridgehead atoms. The van der Waals surface area contributed by atoms with Crippen molar-refractivity contribution in [3.8, 4) is 0 Å². The number of fused-ring (bicyclic) bond motifs is 1. The number of aliphatic hydroxyl groups excluding tert-OH is 1. The summed E-state index contributed by atoms with van der Waals surface area (Å²) in [5.74, 6) is 0.0839. The molecule has 1 saturated carbocycles. The largest absolute Gasteiger partial charge is 0.394 e. The quantitative estimate of drug-likeness (QED) is 0.463. The summed E-state index contributed by atoms with van der Waals surface area (Å²) in [6.07, 6.45) is 4.58. The lowest BCUT2D eigenvalue weighted by Crippen LogP contribution is -2.55. The normalized spacial score (nSPS) is 18.6. The van der Waals surface area contributed by atoms with Crippen LogP contribution in [0.2, 0.25) is 0 Å². The number of amides is 2. The van der Waals surface area contributed by atoms with E-state index < -0.39 is 0 Å². The third kappa shape index (κ3) is 4.98. The first-order valence-corrected chi connectivity index (χ1v) is 13.2. The van der Waals surface area contributed by atoms with E-state index >= 15 is 0 Å². The van der Waals surface area contributed by atoms with E-state index in [-0.39, 0.29) is 37.0 Å². The molecule has 6 nitrogen and oxygen atoms in total. The summed E-state index contributed by atoms with van der Waals surface area (Å²) in [7, 11) is 0. The Morgan fingerprint density at radius 2 is 1.73 bits per heavy atom. The molecule has 1 aliphatic carbocycles. The van der Waals surface area contributed by atoms with Crippen LogP contribution in [0.1, 0.15) is 77.2 Å². The van der Waals surface area contributed by atoms with Crippen molar-refractivity contribution >= 4 is 17.5 Å². The number of primary amides is 1. The van der Waals surface area contributed by atoms with Gasteiger partial charge in [0.05, 0.1) is 30.3 Å². The van der Waals surface area contributed by atoms with E-state index in [0.717, 1.165) is 35.2 Å². The van der Waals surface area contributed by atoms with Crippen LogP contribution >= 0.6 is 0 Å². The van der Waals surface area contributed by atoms with Crippen LogP contribution in [-0.4, -0.2) is 34.6 Å². The van der Waals surface area contributed by atoms with E-state index in [0.29, 0.717) is 18.0 Å². The van der Waals surface area contributed by atoms with Gasteiger partial charge >= 0.3 is 0 Å². The van der Waals surface area contributed by atoms with Crippen molar-refractivity contribution in [2.24, 2.45) is 5.73 Å². The van der Waals surface area contributed by atoms with E-state index in [2.05, 4.69) is 11.0 Å². The lowest BCUT2D eigenvalue weighted by molar-refractivity contribution is -0.117. The fourth-order valence-corrected chi connectivity index (χ4v) is 6.12. The molecule has 3 N–H and O–H groups in total. The average molecular weight is 498 g/mol. The van der Waals surface area contributed by atoms with Crippen LogP contribution in [0.5, 0.6) is 0 Å². The number of hydrogen-bond donors (Lipinski definition) is 2. The number of benzene rings is 3. The Morgan fingerprint density at radius 1 is 1.03 bits per heavy atom. The van der Waals surface area contributed by atoms with Gasteiger partial charge in [0.1, 0.15) is 6.17 Å². The Balaban J connectivity index is 1.51. The Kier molecular flexibility index (Phi) is 7.28. The zero-order valence-corrected chi connectivity index (χ0v) is 21.3. The number of nitrogens with two attached hydrogens (primary N) is 1. The molecule has 37 heavy (non-hydrogen) atoms. The molecule has 192 valence electrons. The van der Waals surface area contributed by atoms with Gasteiger partial charge in [-0.05, 0) is 60.1 Å². The second kappa shape index (κ2) is 10.8. The number of hydrogen-bond acceptors (Lipinski definition) is 4. The van der Waals surface area contributed by atoms with Gasteiger partial charge in [-0.25, -0.2) is 0 Å². The summed E-state index contributed by atoms with van der Waals surface area (Å²) >= 11 is 0. The zero-order valence-electron chi connectivity index (χ0n) is 21.3. The minimum Gasteiger partial charge on any atom is -0.394 e. The number of aliphatic hydroxyl groups is 1. The fourth-order valence-electron chi connectivity index (χ4n) is 6.12. The number of rotatable bonds is 8. The van der Waals surface area contributed by atoms with Crippen LogP contribution in [0.4, 0.5) is 5.69 Å². The SMILES string of the molecule is CC1N(Cc2ccc(CC(N)=O)c(C3CCCC3)c2)C(=O)c2ccccc2N1[C@@H](CO)c1ccccc1. The van der Waals surface area contributed by atoms with Crippen molar-refractivity contribution in [3.63, 3.8) is 0 Å². The number of nitrogens with zero attached hydrogens (tertiary/aromatic N) is 2. The summed E-state index contributed by atoms with van der Waals surface area (Å²) in [5.41, 5.74) is 11.2. The smallest absolute Gasteiger partial charge is 0.257 e. The minimum absolute atomic E-state index is 0.0206. The molecule has 1 fully saturated rings. The summed E-state index contributed by atoms with van der Waals surface area (Å²) in [4.78, 5) is 29.5. The van der Waals surface area contributed by atoms with Crippen LogP contribution in [0.3, 0.4) is 0 Å². The summed E-state index contributed by atoms with van der Waals surface area (Å²) in [6.45, 7) is 2.39. The van der Waals surface area contributed by atoms with Crippen molar-refractivity contribution in [1.82, 2.24) is 4.90 Å². The molecule has 0 saturated heterocycles. The van der Waals surface area contributed by atoms with E-state index in [1.807, 2.05) is 78.6 Å². The molecular weight excluding hydrogens is 462 g/mol. The zero-order chi connectivity index (χ0) is 25.9. The van der Waals surface area contributed by atoms with Crippen molar-refractivity contribution in [3.05, 3.63) is 101 Å². The third-order valence-corrected chi connectivity index (χ3v) is 7.94. The van der Waals surface area contributed by atoms with Crippen LogP contribution in [0.15, 0.2) is 72.8 Å². The maximum Gasteiger partial charge on any atom is 0.257 e. The van der Waals surface area contributed by atoms with Gasteiger partial charge in [0.2, 0.25) is 5.91 Å². The minimum atomic E-state index is -0.324. The first kappa shape index (κ1) is 25.0. The molecular formula is C31H35N3O3. The van der Waals surface area contributed by atoms with Gasteiger partial charge in [-0.2, -0.15) is 0 Å². The van der Waals surface area contributed by atoms with Crippen LogP contribution in [0, 0.1) is 0 Å². The van der Waals surface area contributed by atoms with Gasteiger partial charge < -0.3 is 20.6 Å². The lowest BCUT2D eigenvalue weighted by atomic mass is 9.89. The molecule has 2 amide bonds.